The first-order valence-corrected chi connectivity index (χ1v) is 6.13. The van der Waals surface area contributed by atoms with Gasteiger partial charge in [-0.05, 0) is 23.8 Å². The summed E-state index contributed by atoms with van der Waals surface area (Å²) >= 11 is 5.86. The molecule has 1 aromatic carbocycles. The zero-order valence-corrected chi connectivity index (χ0v) is 11.8. The number of carboxylic acids is 1. The van der Waals surface area contributed by atoms with Crippen molar-refractivity contribution in [1.82, 2.24) is 4.98 Å². The molecule has 4 N–H and O–H groups in total. The zero-order chi connectivity index (χ0) is 16.0. The van der Waals surface area contributed by atoms with Crippen LogP contribution in [0.2, 0.25) is 5.02 Å². The Morgan fingerprint density at radius 2 is 1.86 bits per heavy atom. The molecule has 6 nitrogen and oxygen atoms in total. The van der Waals surface area contributed by atoms with E-state index >= 15 is 0 Å². The topological polar surface area (TPSA) is 114 Å². The van der Waals surface area contributed by atoms with Gasteiger partial charge < -0.3 is 15.9 Å². The van der Waals surface area contributed by atoms with Crippen LogP contribution < -0.4 is 5.73 Å². The Hall–Kier alpha value is -2.60. The highest BCUT2D eigenvalue weighted by molar-refractivity contribution is 6.30. The molecule has 0 radical (unpaired) electrons. The van der Waals surface area contributed by atoms with Crippen LogP contribution in [0, 0.1) is 0 Å². The molecular weight excluding hydrogens is 296 g/mol. The number of carboxylic acid groups (broad SMARTS) is 1. The smallest absolute Gasteiger partial charge is 0.300 e. The van der Waals surface area contributed by atoms with Crippen molar-refractivity contribution in [3.8, 4) is 16.9 Å². The SMILES string of the molecule is CC(=O)O.NC(=O)c1ncc(-c2cccc(Cl)c2)cc1O. The Kier molecular flexibility index (Phi) is 5.68. The molecule has 0 unspecified atom stereocenters. The summed E-state index contributed by atoms with van der Waals surface area (Å²) in [6, 6.07) is 8.53. The maximum atomic E-state index is 10.9. The average Bonchev–Trinajstić information content (AvgIpc) is 2.37. The van der Waals surface area contributed by atoms with E-state index in [1.54, 1.807) is 18.2 Å². The molecule has 0 spiro atoms. The molecule has 110 valence electrons. The first-order valence-electron chi connectivity index (χ1n) is 5.75. The van der Waals surface area contributed by atoms with Gasteiger partial charge in [-0.3, -0.25) is 9.59 Å². The van der Waals surface area contributed by atoms with E-state index in [0.29, 0.717) is 10.6 Å². The molecule has 1 heterocycles. The molecule has 2 aromatic rings. The minimum Gasteiger partial charge on any atom is -0.505 e. The second-order valence-corrected chi connectivity index (χ2v) is 4.42. The number of hydrogen-bond acceptors (Lipinski definition) is 4. The number of primary amides is 1. The highest BCUT2D eigenvalue weighted by Gasteiger charge is 2.10. The number of amides is 1. The second kappa shape index (κ2) is 7.25. The Balaban J connectivity index is 0.000000491. The summed E-state index contributed by atoms with van der Waals surface area (Å²) in [7, 11) is 0. The van der Waals surface area contributed by atoms with Gasteiger partial charge in [-0.25, -0.2) is 4.98 Å². The number of aromatic nitrogens is 1. The molecule has 7 heteroatoms. The van der Waals surface area contributed by atoms with Crippen LogP contribution in [0.1, 0.15) is 17.4 Å². The summed E-state index contributed by atoms with van der Waals surface area (Å²) in [5.41, 5.74) is 6.37. The summed E-state index contributed by atoms with van der Waals surface area (Å²) in [4.78, 5) is 23.7. The lowest BCUT2D eigenvalue weighted by molar-refractivity contribution is -0.134. The van der Waals surface area contributed by atoms with Gasteiger partial charge in [0.15, 0.2) is 5.69 Å². The number of carbonyl (C=O) groups excluding carboxylic acids is 1. The van der Waals surface area contributed by atoms with E-state index in [9.17, 15) is 9.90 Å². The Labute approximate surface area is 125 Å². The Bertz CT molecular complexity index is 670. The van der Waals surface area contributed by atoms with Crippen LogP contribution in [0.15, 0.2) is 36.5 Å². The number of benzene rings is 1. The minimum atomic E-state index is -0.833. The molecule has 1 aromatic heterocycles. The van der Waals surface area contributed by atoms with Crippen molar-refractivity contribution in [1.29, 1.82) is 0 Å². The lowest BCUT2D eigenvalue weighted by atomic mass is 10.1. The van der Waals surface area contributed by atoms with Crippen LogP contribution in [-0.4, -0.2) is 27.1 Å². The fourth-order valence-corrected chi connectivity index (χ4v) is 1.66. The number of pyridine rings is 1. The summed E-state index contributed by atoms with van der Waals surface area (Å²) < 4.78 is 0. The van der Waals surface area contributed by atoms with E-state index in [0.717, 1.165) is 12.5 Å². The summed E-state index contributed by atoms with van der Waals surface area (Å²) in [6.45, 7) is 1.08. The fraction of sp³-hybridized carbons (Fsp3) is 0.0714. The molecular formula is C14H13ClN2O4. The van der Waals surface area contributed by atoms with Crippen molar-refractivity contribution in [3.63, 3.8) is 0 Å². The van der Waals surface area contributed by atoms with Crippen molar-refractivity contribution in [3.05, 3.63) is 47.2 Å². The van der Waals surface area contributed by atoms with Gasteiger partial charge in [0.25, 0.3) is 11.9 Å². The van der Waals surface area contributed by atoms with Crippen molar-refractivity contribution < 1.29 is 19.8 Å². The number of rotatable bonds is 2. The number of aromatic hydroxyl groups is 1. The minimum absolute atomic E-state index is 0.143. The first kappa shape index (κ1) is 16.5. The fourth-order valence-electron chi connectivity index (χ4n) is 1.47. The number of nitrogens with two attached hydrogens (primary N) is 1. The molecule has 0 aliphatic carbocycles. The average molecular weight is 309 g/mol. The van der Waals surface area contributed by atoms with Gasteiger partial charge in [-0.2, -0.15) is 0 Å². The number of hydrogen-bond donors (Lipinski definition) is 3. The number of nitrogens with zero attached hydrogens (tertiary/aromatic N) is 1. The highest BCUT2D eigenvalue weighted by atomic mass is 35.5. The third kappa shape index (κ3) is 5.12. The third-order valence-electron chi connectivity index (χ3n) is 2.26. The quantitative estimate of drug-likeness (QED) is 0.787. The van der Waals surface area contributed by atoms with Crippen molar-refractivity contribution in [2.24, 2.45) is 5.73 Å². The molecule has 0 aliphatic heterocycles. The molecule has 0 atom stereocenters. The maximum absolute atomic E-state index is 10.9. The molecule has 0 aliphatic rings. The van der Waals surface area contributed by atoms with Gasteiger partial charge in [0.2, 0.25) is 0 Å². The largest absolute Gasteiger partial charge is 0.505 e. The van der Waals surface area contributed by atoms with Gasteiger partial charge >= 0.3 is 0 Å². The number of aliphatic carboxylic acids is 1. The lowest BCUT2D eigenvalue weighted by Crippen LogP contribution is -2.13. The van der Waals surface area contributed by atoms with E-state index in [4.69, 9.17) is 27.2 Å². The predicted molar refractivity (Wildman–Crippen MR) is 78.2 cm³/mol. The van der Waals surface area contributed by atoms with E-state index < -0.39 is 11.9 Å². The van der Waals surface area contributed by atoms with Crippen molar-refractivity contribution >= 4 is 23.5 Å². The standard InChI is InChI=1S/C12H9ClN2O2.C2H4O2/c13-9-3-1-2-7(4-9)8-5-10(16)11(12(14)17)15-6-8;1-2(3)4/h1-6,16H,(H2,14,17);1H3,(H,3,4). The predicted octanol–water partition coefficient (Wildman–Crippen LogP) is 2.30. The number of halogens is 1. The second-order valence-electron chi connectivity index (χ2n) is 3.99. The monoisotopic (exact) mass is 308 g/mol. The van der Waals surface area contributed by atoms with Crippen LogP contribution in [0.25, 0.3) is 11.1 Å². The maximum Gasteiger partial charge on any atom is 0.300 e. The molecule has 0 saturated heterocycles. The van der Waals surface area contributed by atoms with Crippen molar-refractivity contribution in [2.45, 2.75) is 6.92 Å². The summed E-state index contributed by atoms with van der Waals surface area (Å²) in [5, 5.41) is 17.6. The van der Waals surface area contributed by atoms with Crippen LogP contribution in [0.4, 0.5) is 0 Å². The molecule has 1 amide bonds. The van der Waals surface area contributed by atoms with E-state index in [2.05, 4.69) is 4.98 Å². The summed E-state index contributed by atoms with van der Waals surface area (Å²) in [5.74, 6) is -1.84. The van der Waals surface area contributed by atoms with Gasteiger partial charge in [0, 0.05) is 23.7 Å². The van der Waals surface area contributed by atoms with Gasteiger partial charge in [0.05, 0.1) is 0 Å². The zero-order valence-electron chi connectivity index (χ0n) is 11.1. The van der Waals surface area contributed by atoms with E-state index in [1.165, 1.54) is 12.3 Å². The Morgan fingerprint density at radius 1 is 1.24 bits per heavy atom. The molecule has 21 heavy (non-hydrogen) atoms. The van der Waals surface area contributed by atoms with Crippen LogP contribution in [0.3, 0.4) is 0 Å². The third-order valence-corrected chi connectivity index (χ3v) is 2.49. The van der Waals surface area contributed by atoms with Gasteiger partial charge in [-0.1, -0.05) is 23.7 Å². The van der Waals surface area contributed by atoms with Crippen molar-refractivity contribution in [2.75, 3.05) is 0 Å². The van der Waals surface area contributed by atoms with Gasteiger partial charge in [0.1, 0.15) is 5.75 Å². The Morgan fingerprint density at radius 3 is 2.33 bits per heavy atom. The van der Waals surface area contributed by atoms with Crippen LogP contribution >= 0.6 is 11.6 Å². The van der Waals surface area contributed by atoms with Gasteiger partial charge in [-0.15, -0.1) is 0 Å². The van der Waals surface area contributed by atoms with Crippen LogP contribution in [-0.2, 0) is 4.79 Å². The number of carbonyl (C=O) groups is 2. The van der Waals surface area contributed by atoms with E-state index in [-0.39, 0.29) is 11.4 Å². The lowest BCUT2D eigenvalue weighted by Gasteiger charge is -2.04. The highest BCUT2D eigenvalue weighted by Crippen LogP contribution is 2.26. The first-order chi connectivity index (χ1) is 9.81. The molecule has 2 rings (SSSR count). The molecule has 0 bridgehead atoms. The molecule has 0 saturated carbocycles. The normalized spacial score (nSPS) is 9.43. The molecule has 0 fully saturated rings. The van der Waals surface area contributed by atoms with Crippen LogP contribution in [0.5, 0.6) is 5.75 Å². The van der Waals surface area contributed by atoms with E-state index in [1.807, 2.05) is 6.07 Å². The summed E-state index contributed by atoms with van der Waals surface area (Å²) in [6.07, 6.45) is 1.46.